The van der Waals surface area contributed by atoms with Crippen molar-refractivity contribution >= 4 is 9.84 Å². The fourth-order valence-corrected chi connectivity index (χ4v) is 5.94. The lowest BCUT2D eigenvalue weighted by molar-refractivity contribution is 0.0316. The van der Waals surface area contributed by atoms with Crippen molar-refractivity contribution in [3.63, 3.8) is 0 Å². The predicted octanol–water partition coefficient (Wildman–Crippen LogP) is 0.908. The molecule has 0 amide bonds. The molecule has 5 heteroatoms. The standard InChI is InChI=1S/C13H24N2O2S/c14-10-7-11-3-1-4-12(8-10)15(11)9-13-5-2-6-18(13,16)17/h10-13H,1-9,14H2. The van der Waals surface area contributed by atoms with Gasteiger partial charge in [0.2, 0.25) is 0 Å². The molecular weight excluding hydrogens is 248 g/mol. The van der Waals surface area contributed by atoms with Crippen LogP contribution in [-0.2, 0) is 9.84 Å². The molecule has 0 aliphatic carbocycles. The molecule has 0 aromatic heterocycles. The zero-order valence-corrected chi connectivity index (χ0v) is 11.7. The van der Waals surface area contributed by atoms with Gasteiger partial charge in [0.15, 0.2) is 9.84 Å². The largest absolute Gasteiger partial charge is 0.328 e. The molecule has 0 aromatic rings. The summed E-state index contributed by atoms with van der Waals surface area (Å²) in [6.45, 7) is 0.768. The van der Waals surface area contributed by atoms with E-state index in [0.717, 1.165) is 32.2 Å². The smallest absolute Gasteiger partial charge is 0.154 e. The predicted molar refractivity (Wildman–Crippen MR) is 72.2 cm³/mol. The highest BCUT2D eigenvalue weighted by atomic mass is 32.2. The highest BCUT2D eigenvalue weighted by Gasteiger charge is 2.41. The second-order valence-corrected chi connectivity index (χ2v) is 8.70. The highest BCUT2D eigenvalue weighted by molar-refractivity contribution is 7.92. The topological polar surface area (TPSA) is 63.4 Å². The molecule has 3 fully saturated rings. The van der Waals surface area contributed by atoms with Gasteiger partial charge >= 0.3 is 0 Å². The van der Waals surface area contributed by atoms with Crippen LogP contribution in [0.15, 0.2) is 0 Å². The molecular formula is C13H24N2O2S. The Bertz CT molecular complexity index is 395. The SMILES string of the molecule is NC1CC2CCCC(C1)N2CC1CCCS1(=O)=O. The summed E-state index contributed by atoms with van der Waals surface area (Å²) in [7, 11) is -2.80. The molecule has 3 unspecified atom stereocenters. The molecule has 3 aliphatic heterocycles. The molecule has 3 aliphatic rings. The Balaban J connectivity index is 1.72. The maximum Gasteiger partial charge on any atom is 0.154 e. The van der Waals surface area contributed by atoms with Crippen LogP contribution in [-0.4, -0.2) is 49.0 Å². The summed E-state index contributed by atoms with van der Waals surface area (Å²) < 4.78 is 23.9. The fraction of sp³-hybridized carbons (Fsp3) is 1.00. The van der Waals surface area contributed by atoms with Crippen LogP contribution >= 0.6 is 0 Å². The second-order valence-electron chi connectivity index (χ2n) is 6.30. The minimum atomic E-state index is -2.80. The van der Waals surface area contributed by atoms with E-state index in [1.807, 2.05) is 0 Å². The first kappa shape index (κ1) is 12.9. The number of nitrogens with zero attached hydrogens (tertiary/aromatic N) is 1. The Kier molecular flexibility index (Phi) is 3.41. The van der Waals surface area contributed by atoms with Gasteiger partial charge in [0.1, 0.15) is 0 Å². The average Bonchev–Trinajstić information content (AvgIpc) is 2.59. The molecule has 104 valence electrons. The third-order valence-corrected chi connectivity index (χ3v) is 7.30. The Morgan fingerprint density at radius 1 is 1.06 bits per heavy atom. The quantitative estimate of drug-likeness (QED) is 0.811. The van der Waals surface area contributed by atoms with Gasteiger partial charge in [-0.15, -0.1) is 0 Å². The highest BCUT2D eigenvalue weighted by Crippen LogP contribution is 2.35. The van der Waals surface area contributed by atoms with Crippen molar-refractivity contribution < 1.29 is 8.42 Å². The summed E-state index contributed by atoms with van der Waals surface area (Å²) in [6, 6.07) is 1.42. The van der Waals surface area contributed by atoms with Crippen molar-refractivity contribution in [2.45, 2.75) is 68.3 Å². The van der Waals surface area contributed by atoms with E-state index < -0.39 is 9.84 Å². The molecule has 18 heavy (non-hydrogen) atoms. The van der Waals surface area contributed by atoms with Gasteiger partial charge in [0.25, 0.3) is 0 Å². The Morgan fingerprint density at radius 2 is 1.72 bits per heavy atom. The molecule has 4 nitrogen and oxygen atoms in total. The lowest BCUT2D eigenvalue weighted by Crippen LogP contribution is -2.57. The van der Waals surface area contributed by atoms with E-state index in [0.29, 0.717) is 23.9 Å². The Hall–Kier alpha value is -0.130. The van der Waals surface area contributed by atoms with Gasteiger partial charge in [0, 0.05) is 24.7 Å². The molecule has 3 rings (SSSR count). The van der Waals surface area contributed by atoms with Gasteiger partial charge in [-0.25, -0.2) is 8.42 Å². The fourth-order valence-electron chi connectivity index (χ4n) is 4.12. The maximum absolute atomic E-state index is 12.0. The van der Waals surface area contributed by atoms with Crippen molar-refractivity contribution in [1.82, 2.24) is 4.90 Å². The first-order valence-corrected chi connectivity index (χ1v) is 9.01. The summed E-state index contributed by atoms with van der Waals surface area (Å²) in [5.41, 5.74) is 6.10. The van der Waals surface area contributed by atoms with Crippen LogP contribution in [0.25, 0.3) is 0 Å². The maximum atomic E-state index is 12.0. The van der Waals surface area contributed by atoms with Crippen molar-refractivity contribution in [2.24, 2.45) is 5.73 Å². The molecule has 3 atom stereocenters. The summed E-state index contributed by atoms with van der Waals surface area (Å²) in [4.78, 5) is 2.49. The van der Waals surface area contributed by atoms with E-state index in [2.05, 4.69) is 4.90 Å². The van der Waals surface area contributed by atoms with E-state index in [1.54, 1.807) is 0 Å². The molecule has 2 N–H and O–H groups in total. The van der Waals surface area contributed by atoms with Crippen molar-refractivity contribution in [2.75, 3.05) is 12.3 Å². The van der Waals surface area contributed by atoms with E-state index >= 15 is 0 Å². The van der Waals surface area contributed by atoms with Crippen LogP contribution < -0.4 is 5.73 Å². The number of sulfone groups is 1. The number of hydrogen-bond donors (Lipinski definition) is 1. The third kappa shape index (κ3) is 2.32. The number of piperidine rings is 2. The first-order chi connectivity index (χ1) is 8.56. The van der Waals surface area contributed by atoms with Crippen LogP contribution in [0.3, 0.4) is 0 Å². The second kappa shape index (κ2) is 4.76. The molecule has 3 saturated heterocycles. The van der Waals surface area contributed by atoms with Crippen LogP contribution in [0.1, 0.15) is 44.9 Å². The van der Waals surface area contributed by atoms with Crippen molar-refractivity contribution in [3.05, 3.63) is 0 Å². The number of fused-ring (bicyclic) bond motifs is 2. The van der Waals surface area contributed by atoms with Crippen molar-refractivity contribution in [3.8, 4) is 0 Å². The first-order valence-electron chi connectivity index (χ1n) is 7.29. The van der Waals surface area contributed by atoms with Gasteiger partial charge in [-0.2, -0.15) is 0 Å². The molecule has 0 saturated carbocycles. The van der Waals surface area contributed by atoms with E-state index in [4.69, 9.17) is 5.73 Å². The minimum absolute atomic E-state index is 0.102. The molecule has 0 spiro atoms. The molecule has 2 bridgehead atoms. The summed E-state index contributed by atoms with van der Waals surface area (Å²) in [5, 5.41) is -0.102. The lowest BCUT2D eigenvalue weighted by Gasteiger charge is -2.49. The summed E-state index contributed by atoms with van der Waals surface area (Å²) in [5.74, 6) is 0.403. The van der Waals surface area contributed by atoms with Gasteiger partial charge in [-0.05, 0) is 38.5 Å². The van der Waals surface area contributed by atoms with Gasteiger partial charge in [0.05, 0.1) is 11.0 Å². The summed E-state index contributed by atoms with van der Waals surface area (Å²) >= 11 is 0. The number of hydrogen-bond acceptors (Lipinski definition) is 4. The number of nitrogens with two attached hydrogens (primary N) is 1. The Morgan fingerprint density at radius 3 is 2.28 bits per heavy atom. The Labute approximate surface area is 110 Å². The molecule has 0 aromatic carbocycles. The zero-order valence-electron chi connectivity index (χ0n) is 10.9. The van der Waals surface area contributed by atoms with Crippen LogP contribution in [0.4, 0.5) is 0 Å². The zero-order chi connectivity index (χ0) is 12.8. The van der Waals surface area contributed by atoms with Gasteiger partial charge in [-0.1, -0.05) is 6.42 Å². The molecule has 0 radical (unpaired) electrons. The lowest BCUT2D eigenvalue weighted by atomic mass is 9.82. The van der Waals surface area contributed by atoms with Crippen LogP contribution in [0.2, 0.25) is 0 Å². The average molecular weight is 272 g/mol. The van der Waals surface area contributed by atoms with E-state index in [9.17, 15) is 8.42 Å². The summed E-state index contributed by atoms with van der Waals surface area (Å²) in [6.07, 6.45) is 7.54. The van der Waals surface area contributed by atoms with E-state index in [1.165, 1.54) is 19.3 Å². The van der Waals surface area contributed by atoms with Crippen LogP contribution in [0, 0.1) is 0 Å². The molecule has 3 heterocycles. The third-order valence-electron chi connectivity index (χ3n) is 5.04. The number of rotatable bonds is 2. The van der Waals surface area contributed by atoms with Crippen LogP contribution in [0.5, 0.6) is 0 Å². The minimum Gasteiger partial charge on any atom is -0.328 e. The van der Waals surface area contributed by atoms with Gasteiger partial charge < -0.3 is 5.73 Å². The normalized spacial score (nSPS) is 44.1. The monoisotopic (exact) mass is 272 g/mol. The van der Waals surface area contributed by atoms with Gasteiger partial charge in [-0.3, -0.25) is 4.90 Å². The van der Waals surface area contributed by atoms with E-state index in [-0.39, 0.29) is 5.25 Å². The van der Waals surface area contributed by atoms with Crippen molar-refractivity contribution in [1.29, 1.82) is 0 Å².